The predicted octanol–water partition coefficient (Wildman–Crippen LogP) is 5.03. The average Bonchev–Trinajstić information content (AvgIpc) is 2.72. The predicted molar refractivity (Wildman–Crippen MR) is 110 cm³/mol. The molecular weight excluding hydrogens is 358 g/mol. The Bertz CT molecular complexity index is 999. The molecule has 3 aromatic carbocycles. The monoisotopic (exact) mass is 375 g/mol. The van der Waals surface area contributed by atoms with Gasteiger partial charge in [-0.05, 0) is 59.7 Å². The number of hydrogen-bond donors (Lipinski definition) is 0. The van der Waals surface area contributed by atoms with Crippen LogP contribution in [0.3, 0.4) is 0 Å². The first-order valence-corrected chi connectivity index (χ1v) is 8.74. The van der Waals surface area contributed by atoms with Crippen molar-refractivity contribution in [2.75, 3.05) is 19.1 Å². The Labute approximate surface area is 164 Å². The van der Waals surface area contributed by atoms with E-state index in [1.807, 2.05) is 72.8 Å². The summed E-state index contributed by atoms with van der Waals surface area (Å²) in [5, 5.41) is 0.696. The molecule has 0 heterocycles. The summed E-state index contributed by atoms with van der Waals surface area (Å²) in [6.45, 7) is 0. The SMILES string of the molecule is COc1ccc(N(C)C(=O)C#Cc2cccc(-c3ccc(Cl)cc3)c2)cc1. The Morgan fingerprint density at radius 2 is 1.67 bits per heavy atom. The van der Waals surface area contributed by atoms with E-state index in [1.165, 1.54) is 4.90 Å². The van der Waals surface area contributed by atoms with Crippen molar-refractivity contribution in [1.29, 1.82) is 0 Å². The highest BCUT2D eigenvalue weighted by atomic mass is 35.5. The summed E-state index contributed by atoms with van der Waals surface area (Å²) >= 11 is 5.94. The smallest absolute Gasteiger partial charge is 0.302 e. The molecule has 0 N–H and O–H groups in total. The van der Waals surface area contributed by atoms with Crippen molar-refractivity contribution in [2.24, 2.45) is 0 Å². The van der Waals surface area contributed by atoms with Crippen molar-refractivity contribution in [3.8, 4) is 28.7 Å². The topological polar surface area (TPSA) is 29.5 Å². The van der Waals surface area contributed by atoms with Gasteiger partial charge in [0.05, 0.1) is 7.11 Å². The van der Waals surface area contributed by atoms with Gasteiger partial charge in [-0.2, -0.15) is 0 Å². The molecule has 134 valence electrons. The number of amides is 1. The van der Waals surface area contributed by atoms with Gasteiger partial charge in [-0.25, -0.2) is 0 Å². The minimum absolute atomic E-state index is 0.280. The van der Waals surface area contributed by atoms with E-state index in [2.05, 4.69) is 11.8 Å². The van der Waals surface area contributed by atoms with E-state index < -0.39 is 0 Å². The van der Waals surface area contributed by atoms with Gasteiger partial charge in [0.2, 0.25) is 0 Å². The summed E-state index contributed by atoms with van der Waals surface area (Å²) in [5.41, 5.74) is 3.60. The highest BCUT2D eigenvalue weighted by Gasteiger charge is 2.08. The number of ether oxygens (including phenoxy) is 1. The van der Waals surface area contributed by atoms with Crippen LogP contribution >= 0.6 is 11.6 Å². The van der Waals surface area contributed by atoms with E-state index in [9.17, 15) is 4.79 Å². The standard InChI is InChI=1S/C23H18ClNO2/c1-25(21-11-13-22(27-2)14-12-21)23(26)15-6-17-4-3-5-19(16-17)18-7-9-20(24)10-8-18/h3-5,7-14,16H,1-2H3. The molecule has 0 spiro atoms. The van der Waals surface area contributed by atoms with E-state index in [-0.39, 0.29) is 5.91 Å². The third-order valence-corrected chi connectivity index (χ3v) is 4.37. The second-order valence-electron chi connectivity index (χ2n) is 5.90. The molecule has 0 saturated carbocycles. The number of carbonyl (C=O) groups excluding carboxylic acids is 1. The van der Waals surface area contributed by atoms with Crippen molar-refractivity contribution in [3.63, 3.8) is 0 Å². The van der Waals surface area contributed by atoms with Crippen LogP contribution in [0.25, 0.3) is 11.1 Å². The fourth-order valence-electron chi connectivity index (χ4n) is 2.55. The van der Waals surface area contributed by atoms with Crippen molar-refractivity contribution in [3.05, 3.63) is 83.4 Å². The fraction of sp³-hybridized carbons (Fsp3) is 0.0870. The molecule has 3 nitrogen and oxygen atoms in total. The number of methoxy groups -OCH3 is 1. The molecule has 0 bridgehead atoms. The van der Waals surface area contributed by atoms with E-state index >= 15 is 0 Å². The number of rotatable bonds is 3. The van der Waals surface area contributed by atoms with Crippen LogP contribution in [0.15, 0.2) is 72.8 Å². The van der Waals surface area contributed by atoms with Gasteiger partial charge in [-0.15, -0.1) is 0 Å². The van der Waals surface area contributed by atoms with E-state index in [4.69, 9.17) is 16.3 Å². The van der Waals surface area contributed by atoms with Crippen LogP contribution in [0.4, 0.5) is 5.69 Å². The van der Waals surface area contributed by atoms with Gasteiger partial charge in [0, 0.05) is 29.2 Å². The highest BCUT2D eigenvalue weighted by molar-refractivity contribution is 6.30. The third-order valence-electron chi connectivity index (χ3n) is 4.12. The molecule has 1 amide bonds. The number of anilines is 1. The first-order valence-electron chi connectivity index (χ1n) is 8.36. The van der Waals surface area contributed by atoms with Crippen LogP contribution in [0.5, 0.6) is 5.75 Å². The zero-order valence-corrected chi connectivity index (χ0v) is 15.8. The second kappa shape index (κ2) is 8.44. The van der Waals surface area contributed by atoms with Crippen LogP contribution in [-0.2, 0) is 4.79 Å². The van der Waals surface area contributed by atoms with Crippen LogP contribution in [0, 0.1) is 11.8 Å². The maximum Gasteiger partial charge on any atom is 0.302 e. The van der Waals surface area contributed by atoms with Crippen LogP contribution in [0.1, 0.15) is 5.56 Å². The molecule has 0 aliphatic heterocycles. The quantitative estimate of drug-likeness (QED) is 0.601. The largest absolute Gasteiger partial charge is 0.497 e. The lowest BCUT2D eigenvalue weighted by Crippen LogP contribution is -2.24. The molecule has 3 aromatic rings. The summed E-state index contributed by atoms with van der Waals surface area (Å²) < 4.78 is 5.13. The Kier molecular flexibility index (Phi) is 5.80. The molecular formula is C23H18ClNO2. The first-order chi connectivity index (χ1) is 13.1. The molecule has 4 heteroatoms. The van der Waals surface area contributed by atoms with Crippen LogP contribution in [0.2, 0.25) is 5.02 Å². The van der Waals surface area contributed by atoms with Gasteiger partial charge in [0.25, 0.3) is 0 Å². The Morgan fingerprint density at radius 1 is 0.963 bits per heavy atom. The van der Waals surface area contributed by atoms with Crippen molar-refractivity contribution >= 4 is 23.2 Å². The molecule has 0 aliphatic carbocycles. The van der Waals surface area contributed by atoms with E-state index in [1.54, 1.807) is 14.2 Å². The molecule has 0 atom stereocenters. The molecule has 0 fully saturated rings. The van der Waals surface area contributed by atoms with Gasteiger partial charge in [-0.3, -0.25) is 4.79 Å². The number of carbonyl (C=O) groups is 1. The normalized spacial score (nSPS) is 9.89. The molecule has 0 unspecified atom stereocenters. The van der Waals surface area contributed by atoms with Gasteiger partial charge in [-0.1, -0.05) is 41.8 Å². The maximum atomic E-state index is 12.4. The second-order valence-corrected chi connectivity index (χ2v) is 6.34. The van der Waals surface area contributed by atoms with Crippen molar-refractivity contribution < 1.29 is 9.53 Å². The van der Waals surface area contributed by atoms with Gasteiger partial charge in [0.1, 0.15) is 5.75 Å². The molecule has 0 aliphatic rings. The zero-order chi connectivity index (χ0) is 19.2. The minimum Gasteiger partial charge on any atom is -0.497 e. The maximum absolute atomic E-state index is 12.4. The number of halogens is 1. The average molecular weight is 376 g/mol. The fourth-order valence-corrected chi connectivity index (χ4v) is 2.68. The van der Waals surface area contributed by atoms with Gasteiger partial charge in [0.15, 0.2) is 0 Å². The van der Waals surface area contributed by atoms with E-state index in [0.717, 1.165) is 28.1 Å². The van der Waals surface area contributed by atoms with Gasteiger partial charge >= 0.3 is 5.91 Å². The Hall–Kier alpha value is -3.22. The summed E-state index contributed by atoms with van der Waals surface area (Å²) in [6, 6.07) is 22.6. The molecule has 27 heavy (non-hydrogen) atoms. The Balaban J connectivity index is 1.77. The number of benzene rings is 3. The Morgan fingerprint density at radius 3 is 2.33 bits per heavy atom. The third kappa shape index (κ3) is 4.69. The summed E-state index contributed by atoms with van der Waals surface area (Å²) in [5.74, 6) is 6.11. The summed E-state index contributed by atoms with van der Waals surface area (Å²) in [4.78, 5) is 13.9. The summed E-state index contributed by atoms with van der Waals surface area (Å²) in [7, 11) is 3.30. The lowest BCUT2D eigenvalue weighted by Gasteiger charge is -2.14. The van der Waals surface area contributed by atoms with Crippen LogP contribution in [-0.4, -0.2) is 20.1 Å². The molecule has 0 saturated heterocycles. The number of nitrogens with zero attached hydrogens (tertiary/aromatic N) is 1. The highest BCUT2D eigenvalue weighted by Crippen LogP contribution is 2.22. The summed E-state index contributed by atoms with van der Waals surface area (Å²) in [6.07, 6.45) is 0. The van der Waals surface area contributed by atoms with Crippen LogP contribution < -0.4 is 9.64 Å². The molecule has 0 radical (unpaired) electrons. The zero-order valence-electron chi connectivity index (χ0n) is 15.1. The van der Waals surface area contributed by atoms with Crippen molar-refractivity contribution in [1.82, 2.24) is 0 Å². The van der Waals surface area contributed by atoms with E-state index in [0.29, 0.717) is 5.02 Å². The molecule has 3 rings (SSSR count). The lowest BCUT2D eigenvalue weighted by molar-refractivity contribution is -0.113. The van der Waals surface area contributed by atoms with Crippen molar-refractivity contribution in [2.45, 2.75) is 0 Å². The van der Waals surface area contributed by atoms with Gasteiger partial charge < -0.3 is 9.64 Å². The number of hydrogen-bond acceptors (Lipinski definition) is 2. The molecule has 0 aromatic heterocycles. The minimum atomic E-state index is -0.280. The lowest BCUT2D eigenvalue weighted by atomic mass is 10.0. The first kappa shape index (κ1) is 18.6.